The molecule has 0 aromatic heterocycles. The van der Waals surface area contributed by atoms with Crippen molar-refractivity contribution in [2.24, 2.45) is 0 Å². The number of anilines is 1. The molecule has 1 saturated heterocycles. The average Bonchev–Trinajstić information content (AvgIpc) is 2.69. The van der Waals surface area contributed by atoms with Gasteiger partial charge in [0.2, 0.25) is 0 Å². The number of para-hydroxylation sites is 2. The highest BCUT2D eigenvalue weighted by atomic mass is 19.1. The molecule has 2 N–H and O–H groups in total. The quantitative estimate of drug-likeness (QED) is 0.694. The van der Waals surface area contributed by atoms with Crippen LogP contribution in [-0.2, 0) is 6.42 Å². The summed E-state index contributed by atoms with van der Waals surface area (Å²) in [6.45, 7) is 7.99. The van der Waals surface area contributed by atoms with Crippen LogP contribution in [0.1, 0.15) is 5.56 Å². The van der Waals surface area contributed by atoms with E-state index in [1.165, 1.54) is 11.0 Å². The fourth-order valence-corrected chi connectivity index (χ4v) is 3.52. The Morgan fingerprint density at radius 1 is 1.15 bits per heavy atom. The minimum atomic E-state index is -0.531. The first kappa shape index (κ1) is 19.4. The van der Waals surface area contributed by atoms with Crippen LogP contribution < -0.4 is 14.5 Å². The molecule has 4 nitrogen and oxygen atoms in total. The molecule has 1 atom stereocenters. The van der Waals surface area contributed by atoms with Gasteiger partial charge in [0.05, 0.1) is 31.9 Å². The zero-order valence-electron chi connectivity index (χ0n) is 15.6. The number of benzene rings is 2. The van der Waals surface area contributed by atoms with Gasteiger partial charge in [0.15, 0.2) is 0 Å². The Morgan fingerprint density at radius 2 is 1.85 bits per heavy atom. The lowest BCUT2D eigenvalue weighted by Gasteiger charge is -2.34. The summed E-state index contributed by atoms with van der Waals surface area (Å²) in [6, 6.07) is 14.7. The first-order chi connectivity index (χ1) is 13.2. The third kappa shape index (κ3) is 5.31. The smallest absolute Gasteiger partial charge is 0.146 e. The SMILES string of the molecule is C=CCc1ccccc1OC[C@@H](O)C[NH+]1CCN(c2ccccc2F)CC1. The molecule has 0 amide bonds. The van der Waals surface area contributed by atoms with Crippen molar-refractivity contribution in [3.8, 4) is 5.75 Å². The maximum Gasteiger partial charge on any atom is 0.146 e. The van der Waals surface area contributed by atoms with Gasteiger partial charge in [-0.05, 0) is 30.2 Å². The van der Waals surface area contributed by atoms with E-state index >= 15 is 0 Å². The topological polar surface area (TPSA) is 37.1 Å². The highest BCUT2D eigenvalue weighted by molar-refractivity contribution is 5.47. The number of aliphatic hydroxyl groups is 1. The second-order valence-electron chi connectivity index (χ2n) is 6.96. The lowest BCUT2D eigenvalue weighted by atomic mass is 10.1. The number of quaternary nitrogens is 1. The number of nitrogens with zero attached hydrogens (tertiary/aromatic N) is 1. The van der Waals surface area contributed by atoms with Crippen LogP contribution in [0.25, 0.3) is 0 Å². The van der Waals surface area contributed by atoms with E-state index in [1.54, 1.807) is 6.07 Å². The molecule has 0 saturated carbocycles. The molecule has 1 fully saturated rings. The van der Waals surface area contributed by atoms with Gasteiger partial charge in [0.25, 0.3) is 0 Å². The lowest BCUT2D eigenvalue weighted by molar-refractivity contribution is -0.903. The zero-order chi connectivity index (χ0) is 19.1. The molecule has 1 heterocycles. The van der Waals surface area contributed by atoms with Crippen molar-refractivity contribution in [2.75, 3.05) is 44.2 Å². The monoisotopic (exact) mass is 371 g/mol. The van der Waals surface area contributed by atoms with Crippen LogP contribution in [0.2, 0.25) is 0 Å². The van der Waals surface area contributed by atoms with E-state index in [-0.39, 0.29) is 12.4 Å². The third-order valence-corrected chi connectivity index (χ3v) is 4.96. The largest absolute Gasteiger partial charge is 0.490 e. The maximum atomic E-state index is 13.9. The van der Waals surface area contributed by atoms with Gasteiger partial charge >= 0.3 is 0 Å². The summed E-state index contributed by atoms with van der Waals surface area (Å²) in [5.41, 5.74) is 1.74. The Bertz CT molecular complexity index is 745. The van der Waals surface area contributed by atoms with Gasteiger partial charge < -0.3 is 19.6 Å². The van der Waals surface area contributed by atoms with E-state index in [4.69, 9.17) is 4.74 Å². The number of piperazine rings is 1. The molecule has 0 radical (unpaired) electrons. The highest BCUT2D eigenvalue weighted by Gasteiger charge is 2.24. The van der Waals surface area contributed by atoms with Crippen molar-refractivity contribution >= 4 is 5.69 Å². The predicted octanol–water partition coefficient (Wildman–Crippen LogP) is 1.70. The number of aliphatic hydroxyl groups excluding tert-OH is 1. The van der Waals surface area contributed by atoms with Gasteiger partial charge in [-0.25, -0.2) is 4.39 Å². The van der Waals surface area contributed by atoms with Crippen LogP contribution >= 0.6 is 0 Å². The normalized spacial score (nSPS) is 16.1. The van der Waals surface area contributed by atoms with Crippen LogP contribution in [0.3, 0.4) is 0 Å². The van der Waals surface area contributed by atoms with Crippen LogP contribution in [0.5, 0.6) is 5.75 Å². The molecule has 144 valence electrons. The summed E-state index contributed by atoms with van der Waals surface area (Å²) in [5.74, 6) is 0.628. The zero-order valence-corrected chi connectivity index (χ0v) is 15.6. The van der Waals surface area contributed by atoms with E-state index in [9.17, 15) is 9.50 Å². The van der Waals surface area contributed by atoms with E-state index in [2.05, 4.69) is 11.5 Å². The molecule has 1 aliphatic rings. The Kier molecular flexibility index (Phi) is 6.85. The Morgan fingerprint density at radius 3 is 2.59 bits per heavy atom. The van der Waals surface area contributed by atoms with Gasteiger partial charge in [-0.2, -0.15) is 0 Å². The summed E-state index contributed by atoms with van der Waals surface area (Å²) < 4.78 is 19.7. The number of nitrogens with one attached hydrogen (secondary N) is 1. The standard InChI is InChI=1S/C22H27FN2O2/c1-2-7-18-8-3-6-11-22(18)27-17-19(26)16-24-12-14-25(15-13-24)21-10-5-4-9-20(21)23/h2-6,8-11,19,26H,1,7,12-17H2/p+1/t19-/m0/s1. The summed E-state index contributed by atoms with van der Waals surface area (Å²) in [6.07, 6.45) is 2.06. The molecule has 0 aliphatic carbocycles. The Labute approximate surface area is 160 Å². The number of ether oxygens (including phenoxy) is 1. The van der Waals surface area contributed by atoms with E-state index in [1.807, 2.05) is 42.5 Å². The van der Waals surface area contributed by atoms with E-state index in [0.29, 0.717) is 12.2 Å². The number of hydrogen-bond donors (Lipinski definition) is 2. The minimum Gasteiger partial charge on any atom is -0.490 e. The predicted molar refractivity (Wildman–Crippen MR) is 106 cm³/mol. The highest BCUT2D eigenvalue weighted by Crippen LogP contribution is 2.19. The van der Waals surface area contributed by atoms with Crippen LogP contribution in [-0.4, -0.2) is 50.5 Å². The van der Waals surface area contributed by atoms with Gasteiger partial charge in [-0.1, -0.05) is 36.4 Å². The molecule has 1 aliphatic heterocycles. The summed E-state index contributed by atoms with van der Waals surface area (Å²) >= 11 is 0. The van der Waals surface area contributed by atoms with Crippen molar-refractivity contribution in [3.05, 3.63) is 72.6 Å². The van der Waals surface area contributed by atoms with E-state index < -0.39 is 6.10 Å². The second-order valence-corrected chi connectivity index (χ2v) is 6.96. The fraction of sp³-hybridized carbons (Fsp3) is 0.364. The number of rotatable bonds is 8. The van der Waals surface area contributed by atoms with Crippen LogP contribution in [0.15, 0.2) is 61.2 Å². The third-order valence-electron chi connectivity index (χ3n) is 4.96. The van der Waals surface area contributed by atoms with Gasteiger partial charge in [0, 0.05) is 0 Å². The minimum absolute atomic E-state index is 0.174. The first-order valence-electron chi connectivity index (χ1n) is 9.50. The van der Waals surface area contributed by atoms with Crippen molar-refractivity contribution in [3.63, 3.8) is 0 Å². The van der Waals surface area contributed by atoms with E-state index in [0.717, 1.165) is 43.9 Å². The number of hydrogen-bond acceptors (Lipinski definition) is 3. The molecule has 3 rings (SSSR count). The Balaban J connectivity index is 1.45. The lowest BCUT2D eigenvalue weighted by Crippen LogP contribution is -3.16. The van der Waals surface area contributed by atoms with Crippen LogP contribution in [0.4, 0.5) is 10.1 Å². The molecule has 0 spiro atoms. The molecule has 0 unspecified atom stereocenters. The molecular formula is C22H28FN2O2+. The van der Waals surface area contributed by atoms with Crippen molar-refractivity contribution in [1.29, 1.82) is 0 Å². The van der Waals surface area contributed by atoms with Crippen LogP contribution in [0, 0.1) is 5.82 Å². The van der Waals surface area contributed by atoms with Crippen molar-refractivity contribution in [2.45, 2.75) is 12.5 Å². The first-order valence-corrected chi connectivity index (χ1v) is 9.50. The summed E-state index contributed by atoms with van der Waals surface area (Å²) in [7, 11) is 0. The Hall–Kier alpha value is -2.37. The molecule has 0 bridgehead atoms. The summed E-state index contributed by atoms with van der Waals surface area (Å²) in [5, 5.41) is 10.4. The molecular weight excluding hydrogens is 343 g/mol. The molecule has 2 aromatic rings. The van der Waals surface area contributed by atoms with Crippen molar-refractivity contribution < 1.29 is 19.1 Å². The molecule has 2 aromatic carbocycles. The van der Waals surface area contributed by atoms with Gasteiger partial charge in [0.1, 0.15) is 30.8 Å². The fourth-order valence-electron chi connectivity index (χ4n) is 3.52. The van der Waals surface area contributed by atoms with Gasteiger partial charge in [-0.15, -0.1) is 6.58 Å². The second kappa shape index (κ2) is 9.53. The number of allylic oxidation sites excluding steroid dienone is 1. The number of halogens is 1. The van der Waals surface area contributed by atoms with Gasteiger partial charge in [-0.3, -0.25) is 0 Å². The maximum absolute atomic E-state index is 13.9. The summed E-state index contributed by atoms with van der Waals surface area (Å²) in [4.78, 5) is 3.39. The molecule has 5 heteroatoms. The van der Waals surface area contributed by atoms with Crippen molar-refractivity contribution in [1.82, 2.24) is 0 Å². The average molecular weight is 371 g/mol. The molecule has 27 heavy (non-hydrogen) atoms.